The van der Waals surface area contributed by atoms with Crippen molar-refractivity contribution >= 4 is 28.4 Å². The third-order valence-electron chi connectivity index (χ3n) is 3.65. The van der Waals surface area contributed by atoms with Crippen molar-refractivity contribution in [2.75, 3.05) is 12.0 Å². The van der Waals surface area contributed by atoms with Gasteiger partial charge in [0.05, 0.1) is 12.1 Å². The molecule has 0 unspecified atom stereocenters. The highest BCUT2D eigenvalue weighted by molar-refractivity contribution is 6.43. The fraction of sp³-hybridized carbons (Fsp3) is 0.158. The maximum atomic E-state index is 13.1. The molecule has 3 rings (SSSR count). The van der Waals surface area contributed by atoms with Crippen LogP contribution in [-0.2, 0) is 15.7 Å². The highest BCUT2D eigenvalue weighted by Crippen LogP contribution is 2.30. The van der Waals surface area contributed by atoms with Crippen LogP contribution in [0.2, 0.25) is 0 Å². The largest absolute Gasteiger partial charge is 0.461 e. The van der Waals surface area contributed by atoms with E-state index < -0.39 is 18.0 Å². The van der Waals surface area contributed by atoms with Gasteiger partial charge in [-0.05, 0) is 19.1 Å². The summed E-state index contributed by atoms with van der Waals surface area (Å²) in [4.78, 5) is 19.3. The number of fused-ring (bicyclic) bond motifs is 1. The van der Waals surface area contributed by atoms with Crippen molar-refractivity contribution in [3.8, 4) is 0 Å². The first-order chi connectivity index (χ1) is 13.4. The molecule has 0 amide bonds. The number of aromatic nitrogens is 2. The van der Waals surface area contributed by atoms with Gasteiger partial charge in [0.2, 0.25) is 5.82 Å². The normalized spacial score (nSPS) is 12.1. The second-order valence-corrected chi connectivity index (χ2v) is 5.57. The Morgan fingerprint density at radius 3 is 2.43 bits per heavy atom. The van der Waals surface area contributed by atoms with Gasteiger partial charge in [0, 0.05) is 10.9 Å². The molecule has 0 spiro atoms. The number of hydrazone groups is 1. The second-order valence-electron chi connectivity index (χ2n) is 5.57. The van der Waals surface area contributed by atoms with Gasteiger partial charge in [0.25, 0.3) is 0 Å². The van der Waals surface area contributed by atoms with Gasteiger partial charge in [-0.3, -0.25) is 5.43 Å². The minimum absolute atomic E-state index is 0.0845. The van der Waals surface area contributed by atoms with Gasteiger partial charge in [-0.1, -0.05) is 42.5 Å². The smallest absolute Gasteiger partial charge is 0.451 e. The Kier molecular flexibility index (Phi) is 5.53. The van der Waals surface area contributed by atoms with Gasteiger partial charge in [-0.2, -0.15) is 18.3 Å². The van der Waals surface area contributed by atoms with Gasteiger partial charge < -0.3 is 4.74 Å². The first-order valence-corrected chi connectivity index (χ1v) is 8.30. The van der Waals surface area contributed by atoms with E-state index in [-0.39, 0.29) is 23.7 Å². The van der Waals surface area contributed by atoms with Crippen molar-refractivity contribution in [3.63, 3.8) is 0 Å². The summed E-state index contributed by atoms with van der Waals surface area (Å²) in [6, 6.07) is 14.6. The minimum atomic E-state index is -4.73. The number of para-hydroxylation sites is 1. The Morgan fingerprint density at radius 2 is 1.75 bits per heavy atom. The Hall–Kier alpha value is -3.49. The molecular weight excluding hydrogens is 373 g/mol. The molecule has 28 heavy (non-hydrogen) atoms. The quantitative estimate of drug-likeness (QED) is 0.406. The first kappa shape index (κ1) is 19.3. The molecule has 9 heteroatoms. The lowest BCUT2D eigenvalue weighted by Gasteiger charge is -2.11. The molecule has 0 radical (unpaired) electrons. The van der Waals surface area contributed by atoms with Crippen LogP contribution in [0.4, 0.5) is 19.0 Å². The number of hydrogen-bond donors (Lipinski definition) is 1. The molecule has 0 saturated carbocycles. The number of halogens is 3. The maximum Gasteiger partial charge on any atom is 0.451 e. The summed E-state index contributed by atoms with van der Waals surface area (Å²) >= 11 is 0. The summed E-state index contributed by atoms with van der Waals surface area (Å²) in [7, 11) is 0. The third-order valence-corrected chi connectivity index (χ3v) is 3.65. The van der Waals surface area contributed by atoms with Crippen molar-refractivity contribution < 1.29 is 22.7 Å². The van der Waals surface area contributed by atoms with Crippen LogP contribution < -0.4 is 5.43 Å². The van der Waals surface area contributed by atoms with Crippen LogP contribution >= 0.6 is 0 Å². The van der Waals surface area contributed by atoms with Gasteiger partial charge >= 0.3 is 12.1 Å². The standard InChI is InChI=1S/C19H15F3N4O2/c1-2-28-17(27)15(12-8-4-3-5-9-12)25-26-16-13-10-6-7-11-14(13)23-18(24-16)19(20,21)22/h3-11H,2H2,1H3,(H,23,24,26). The molecule has 2 aromatic carbocycles. The third kappa shape index (κ3) is 4.25. The Balaban J connectivity index is 2.07. The zero-order valence-electron chi connectivity index (χ0n) is 14.7. The van der Waals surface area contributed by atoms with Gasteiger partial charge in [-0.25, -0.2) is 14.8 Å². The highest BCUT2D eigenvalue weighted by atomic mass is 19.4. The van der Waals surface area contributed by atoms with Crippen molar-refractivity contribution in [1.29, 1.82) is 0 Å². The molecule has 1 aromatic heterocycles. The van der Waals surface area contributed by atoms with E-state index in [4.69, 9.17) is 4.74 Å². The van der Waals surface area contributed by atoms with Gasteiger partial charge in [-0.15, -0.1) is 0 Å². The summed E-state index contributed by atoms with van der Waals surface area (Å²) in [5.41, 5.74) is 2.93. The van der Waals surface area contributed by atoms with Crippen LogP contribution in [0, 0.1) is 0 Å². The van der Waals surface area contributed by atoms with E-state index in [0.29, 0.717) is 10.9 Å². The van der Waals surface area contributed by atoms with Crippen LogP contribution in [0.3, 0.4) is 0 Å². The van der Waals surface area contributed by atoms with Crippen LogP contribution in [0.1, 0.15) is 18.3 Å². The molecule has 0 atom stereocenters. The molecule has 144 valence electrons. The lowest BCUT2D eigenvalue weighted by molar-refractivity contribution is -0.144. The van der Waals surface area contributed by atoms with Gasteiger partial charge in [0.1, 0.15) is 0 Å². The molecular formula is C19H15F3N4O2. The number of carbonyl (C=O) groups excluding carboxylic acids is 1. The first-order valence-electron chi connectivity index (χ1n) is 8.30. The summed E-state index contributed by atoms with van der Waals surface area (Å²) in [6.07, 6.45) is -4.73. The molecule has 1 heterocycles. The number of rotatable bonds is 5. The predicted octanol–water partition coefficient (Wildman–Crippen LogP) is 4.03. The number of carbonyl (C=O) groups is 1. The molecule has 6 nitrogen and oxygen atoms in total. The number of ether oxygens (including phenoxy) is 1. The van der Waals surface area contributed by atoms with Crippen LogP contribution in [0.5, 0.6) is 0 Å². The summed E-state index contributed by atoms with van der Waals surface area (Å²) in [5, 5.41) is 4.32. The van der Waals surface area contributed by atoms with E-state index in [1.807, 2.05) is 0 Å². The molecule has 0 fully saturated rings. The topological polar surface area (TPSA) is 76.5 Å². The number of benzene rings is 2. The average molecular weight is 388 g/mol. The van der Waals surface area contributed by atoms with E-state index in [1.54, 1.807) is 55.5 Å². The number of esters is 1. The number of nitrogens with zero attached hydrogens (tertiary/aromatic N) is 3. The maximum absolute atomic E-state index is 13.1. The van der Waals surface area contributed by atoms with E-state index >= 15 is 0 Å². The van der Waals surface area contributed by atoms with Gasteiger partial charge in [0.15, 0.2) is 11.5 Å². The molecule has 0 aliphatic rings. The van der Waals surface area contributed by atoms with E-state index in [1.165, 1.54) is 6.07 Å². The SMILES string of the molecule is CCOC(=O)C(=NNc1nc(C(F)(F)F)nc2ccccc12)c1ccccc1. The second kappa shape index (κ2) is 8.03. The molecule has 0 bridgehead atoms. The number of anilines is 1. The van der Waals surface area contributed by atoms with Crippen molar-refractivity contribution in [2.24, 2.45) is 5.10 Å². The van der Waals surface area contributed by atoms with E-state index in [0.717, 1.165) is 0 Å². The zero-order valence-corrected chi connectivity index (χ0v) is 14.7. The zero-order chi connectivity index (χ0) is 20.1. The molecule has 1 N–H and O–H groups in total. The molecule has 0 aliphatic carbocycles. The van der Waals surface area contributed by atoms with Crippen LogP contribution in [0.15, 0.2) is 59.7 Å². The Bertz CT molecular complexity index is 1020. The fourth-order valence-electron chi connectivity index (χ4n) is 2.42. The Labute approximate surface area is 158 Å². The van der Waals surface area contributed by atoms with Crippen molar-refractivity contribution in [3.05, 3.63) is 66.0 Å². The summed E-state index contributed by atoms with van der Waals surface area (Å²) < 4.78 is 44.4. The van der Waals surface area contributed by atoms with E-state index in [9.17, 15) is 18.0 Å². The lowest BCUT2D eigenvalue weighted by Crippen LogP contribution is -2.20. The highest BCUT2D eigenvalue weighted by Gasteiger charge is 2.35. The van der Waals surface area contributed by atoms with Crippen LogP contribution in [-0.4, -0.2) is 28.3 Å². The number of hydrogen-bond acceptors (Lipinski definition) is 6. The molecule has 3 aromatic rings. The Morgan fingerprint density at radius 1 is 1.07 bits per heavy atom. The fourth-order valence-corrected chi connectivity index (χ4v) is 2.42. The van der Waals surface area contributed by atoms with E-state index in [2.05, 4.69) is 20.5 Å². The lowest BCUT2D eigenvalue weighted by atomic mass is 10.1. The minimum Gasteiger partial charge on any atom is -0.461 e. The summed E-state index contributed by atoms with van der Waals surface area (Å²) in [6.45, 7) is 1.76. The predicted molar refractivity (Wildman–Crippen MR) is 97.8 cm³/mol. The molecule has 0 saturated heterocycles. The number of nitrogens with one attached hydrogen (secondary N) is 1. The van der Waals surface area contributed by atoms with Crippen molar-refractivity contribution in [2.45, 2.75) is 13.1 Å². The monoisotopic (exact) mass is 388 g/mol. The summed E-state index contributed by atoms with van der Waals surface area (Å²) in [5.74, 6) is -2.19. The van der Waals surface area contributed by atoms with Crippen LogP contribution in [0.25, 0.3) is 10.9 Å². The van der Waals surface area contributed by atoms with Crippen molar-refractivity contribution in [1.82, 2.24) is 9.97 Å². The average Bonchev–Trinajstić information content (AvgIpc) is 2.68. The number of alkyl halides is 3. The molecule has 0 aliphatic heterocycles.